The topological polar surface area (TPSA) is 38.7 Å². The van der Waals surface area contributed by atoms with Crippen LogP contribution < -0.4 is 0 Å². The lowest BCUT2D eigenvalue weighted by atomic mass is 9.99. The number of hydrogen-bond donors (Lipinski definition) is 0. The van der Waals surface area contributed by atoms with Gasteiger partial charge in [-0.3, -0.25) is 15.0 Å². The Labute approximate surface area is 83.2 Å². The molecule has 0 aliphatic heterocycles. The van der Waals surface area contributed by atoms with Gasteiger partial charge in [0.2, 0.25) is 0 Å². The molecule has 0 N–H and O–H groups in total. The fourth-order valence-corrected chi connectivity index (χ4v) is 1.50. The van der Waals surface area contributed by atoms with E-state index in [2.05, 4.69) is 28.8 Å². The maximum Gasteiger partial charge on any atom is 0.107 e. The maximum absolute atomic E-state index is 4.35. The van der Waals surface area contributed by atoms with Crippen molar-refractivity contribution in [1.82, 2.24) is 15.0 Å². The summed E-state index contributed by atoms with van der Waals surface area (Å²) in [6.07, 6.45) is 8.18. The molecule has 2 aromatic heterocycles. The monoisotopic (exact) mass is 187 g/mol. The zero-order valence-electron chi connectivity index (χ0n) is 8.44. The lowest BCUT2D eigenvalue weighted by Gasteiger charge is -2.09. The molecule has 72 valence electrons. The van der Waals surface area contributed by atoms with Crippen LogP contribution in [0.5, 0.6) is 0 Å². The Morgan fingerprint density at radius 3 is 2.79 bits per heavy atom. The van der Waals surface area contributed by atoms with Gasteiger partial charge in [0, 0.05) is 24.2 Å². The van der Waals surface area contributed by atoms with E-state index in [0.717, 1.165) is 17.5 Å². The van der Waals surface area contributed by atoms with Crippen LogP contribution in [0.2, 0.25) is 0 Å². The van der Waals surface area contributed by atoms with Crippen LogP contribution in [0.4, 0.5) is 0 Å². The summed E-state index contributed by atoms with van der Waals surface area (Å²) in [5, 5.41) is 0. The van der Waals surface area contributed by atoms with Gasteiger partial charge >= 0.3 is 0 Å². The fraction of sp³-hybridized carbons (Fsp3) is 0.364. The molecule has 0 fully saturated rings. The molecule has 2 rings (SSSR count). The van der Waals surface area contributed by atoms with E-state index in [1.165, 1.54) is 5.56 Å². The molecule has 0 aromatic carbocycles. The first-order chi connectivity index (χ1) is 6.83. The predicted octanol–water partition coefficient (Wildman–Crippen LogP) is 2.54. The molecule has 1 atom stereocenters. The van der Waals surface area contributed by atoms with Gasteiger partial charge in [0.1, 0.15) is 5.52 Å². The number of hydrogen-bond acceptors (Lipinski definition) is 3. The molecular weight excluding hydrogens is 174 g/mol. The molecule has 0 radical (unpaired) electrons. The summed E-state index contributed by atoms with van der Waals surface area (Å²) in [7, 11) is 0. The highest BCUT2D eigenvalue weighted by atomic mass is 14.8. The Morgan fingerprint density at radius 1 is 1.21 bits per heavy atom. The quantitative estimate of drug-likeness (QED) is 0.725. The van der Waals surface area contributed by atoms with Gasteiger partial charge in [-0.15, -0.1) is 0 Å². The average Bonchev–Trinajstić information content (AvgIpc) is 2.27. The molecule has 14 heavy (non-hydrogen) atoms. The van der Waals surface area contributed by atoms with Crippen molar-refractivity contribution in [3.05, 3.63) is 30.4 Å². The zero-order chi connectivity index (χ0) is 9.97. The molecule has 1 unspecified atom stereocenters. The zero-order valence-corrected chi connectivity index (χ0v) is 8.44. The summed E-state index contributed by atoms with van der Waals surface area (Å²) >= 11 is 0. The smallest absolute Gasteiger partial charge is 0.107 e. The molecule has 2 heterocycles. The Morgan fingerprint density at radius 2 is 2.00 bits per heavy atom. The van der Waals surface area contributed by atoms with Crippen molar-refractivity contribution in [3.8, 4) is 0 Å². The molecule has 0 amide bonds. The van der Waals surface area contributed by atoms with Crippen molar-refractivity contribution < 1.29 is 0 Å². The van der Waals surface area contributed by atoms with Crippen LogP contribution in [0.3, 0.4) is 0 Å². The van der Waals surface area contributed by atoms with E-state index in [1.807, 2.05) is 6.20 Å². The van der Waals surface area contributed by atoms with Crippen LogP contribution in [0.15, 0.2) is 24.8 Å². The minimum atomic E-state index is 0.489. The van der Waals surface area contributed by atoms with E-state index < -0.39 is 0 Å². The third-order valence-corrected chi connectivity index (χ3v) is 2.55. The van der Waals surface area contributed by atoms with Gasteiger partial charge in [0.15, 0.2) is 0 Å². The SMILES string of the molecule is CCC(C)c1cncc2nccnc12. The molecular formula is C11H13N3. The van der Waals surface area contributed by atoms with Crippen LogP contribution >= 0.6 is 0 Å². The van der Waals surface area contributed by atoms with Crippen molar-refractivity contribution in [2.24, 2.45) is 0 Å². The number of pyridine rings is 1. The molecule has 0 aliphatic rings. The van der Waals surface area contributed by atoms with Crippen molar-refractivity contribution in [2.75, 3.05) is 0 Å². The molecule has 0 spiro atoms. The van der Waals surface area contributed by atoms with Crippen molar-refractivity contribution in [2.45, 2.75) is 26.2 Å². The van der Waals surface area contributed by atoms with Crippen LogP contribution in [-0.2, 0) is 0 Å². The minimum Gasteiger partial charge on any atom is -0.262 e. The third-order valence-electron chi connectivity index (χ3n) is 2.55. The maximum atomic E-state index is 4.35. The highest BCUT2D eigenvalue weighted by Crippen LogP contribution is 2.23. The van der Waals surface area contributed by atoms with Crippen LogP contribution in [0, 0.1) is 0 Å². The third kappa shape index (κ3) is 1.45. The molecule has 3 heteroatoms. The normalized spacial score (nSPS) is 13.0. The second kappa shape index (κ2) is 3.70. The number of rotatable bonds is 2. The summed E-state index contributed by atoms with van der Waals surface area (Å²) in [6.45, 7) is 4.35. The summed E-state index contributed by atoms with van der Waals surface area (Å²) in [6, 6.07) is 0. The number of aromatic nitrogens is 3. The lowest BCUT2D eigenvalue weighted by molar-refractivity contribution is 0.734. The summed E-state index contributed by atoms with van der Waals surface area (Å²) < 4.78 is 0. The van der Waals surface area contributed by atoms with E-state index in [4.69, 9.17) is 0 Å². The van der Waals surface area contributed by atoms with Crippen LogP contribution in [-0.4, -0.2) is 15.0 Å². The van der Waals surface area contributed by atoms with Crippen LogP contribution in [0.1, 0.15) is 31.7 Å². The number of nitrogens with zero attached hydrogens (tertiary/aromatic N) is 3. The van der Waals surface area contributed by atoms with Crippen molar-refractivity contribution in [1.29, 1.82) is 0 Å². The Hall–Kier alpha value is -1.51. The van der Waals surface area contributed by atoms with E-state index in [1.54, 1.807) is 18.6 Å². The van der Waals surface area contributed by atoms with Gasteiger partial charge < -0.3 is 0 Å². The molecule has 2 aromatic rings. The summed E-state index contributed by atoms with van der Waals surface area (Å²) in [5.41, 5.74) is 3.06. The minimum absolute atomic E-state index is 0.489. The van der Waals surface area contributed by atoms with E-state index in [0.29, 0.717) is 5.92 Å². The Kier molecular flexibility index (Phi) is 2.39. The molecule has 0 aliphatic carbocycles. The van der Waals surface area contributed by atoms with Gasteiger partial charge in [-0.25, -0.2) is 0 Å². The summed E-state index contributed by atoms with van der Waals surface area (Å²) in [4.78, 5) is 12.8. The largest absolute Gasteiger partial charge is 0.262 e. The second-order valence-corrected chi connectivity index (χ2v) is 3.46. The van der Waals surface area contributed by atoms with Gasteiger partial charge in [-0.2, -0.15) is 0 Å². The molecule has 0 bridgehead atoms. The average molecular weight is 187 g/mol. The first kappa shape index (κ1) is 9.06. The van der Waals surface area contributed by atoms with E-state index >= 15 is 0 Å². The van der Waals surface area contributed by atoms with Gasteiger partial charge in [0.05, 0.1) is 11.7 Å². The molecule has 3 nitrogen and oxygen atoms in total. The van der Waals surface area contributed by atoms with Crippen LogP contribution in [0.25, 0.3) is 11.0 Å². The highest BCUT2D eigenvalue weighted by Gasteiger charge is 2.08. The van der Waals surface area contributed by atoms with Gasteiger partial charge in [-0.05, 0) is 12.3 Å². The summed E-state index contributed by atoms with van der Waals surface area (Å²) in [5.74, 6) is 0.489. The fourth-order valence-electron chi connectivity index (χ4n) is 1.50. The van der Waals surface area contributed by atoms with Gasteiger partial charge in [0.25, 0.3) is 0 Å². The number of fused-ring (bicyclic) bond motifs is 1. The standard InChI is InChI=1S/C11H13N3/c1-3-8(2)9-6-12-7-10-11(9)14-5-4-13-10/h4-8H,3H2,1-2H3. The first-order valence-corrected chi connectivity index (χ1v) is 4.87. The lowest BCUT2D eigenvalue weighted by Crippen LogP contribution is -1.96. The molecule has 0 saturated carbocycles. The predicted molar refractivity (Wildman–Crippen MR) is 56.0 cm³/mol. The highest BCUT2D eigenvalue weighted by molar-refractivity contribution is 5.76. The Balaban J connectivity index is 2.65. The van der Waals surface area contributed by atoms with E-state index in [-0.39, 0.29) is 0 Å². The van der Waals surface area contributed by atoms with Crippen molar-refractivity contribution >= 4 is 11.0 Å². The van der Waals surface area contributed by atoms with Crippen molar-refractivity contribution in [3.63, 3.8) is 0 Å². The second-order valence-electron chi connectivity index (χ2n) is 3.46. The molecule has 0 saturated heterocycles. The first-order valence-electron chi connectivity index (χ1n) is 4.87. The van der Waals surface area contributed by atoms with Gasteiger partial charge in [-0.1, -0.05) is 13.8 Å². The van der Waals surface area contributed by atoms with E-state index in [9.17, 15) is 0 Å². The Bertz CT molecular complexity index is 434.